The highest BCUT2D eigenvalue weighted by molar-refractivity contribution is 7.89. The number of benzene rings is 1. The number of piperazine rings is 1. The van der Waals surface area contributed by atoms with Crippen LogP contribution in [0.3, 0.4) is 0 Å². The molecule has 0 atom stereocenters. The Morgan fingerprint density at radius 3 is 2.39 bits per heavy atom. The lowest BCUT2D eigenvalue weighted by Gasteiger charge is -2.33. The van der Waals surface area contributed by atoms with Crippen molar-refractivity contribution < 1.29 is 21.6 Å². The largest absolute Gasteiger partial charge is 0.468 e. The molecule has 0 amide bonds. The first-order valence-electron chi connectivity index (χ1n) is 7.17. The fourth-order valence-corrected chi connectivity index (χ4v) is 3.97. The summed E-state index contributed by atoms with van der Waals surface area (Å²) in [5.41, 5.74) is 0. The molecule has 2 aromatic rings. The molecule has 0 aliphatic carbocycles. The van der Waals surface area contributed by atoms with Crippen LogP contribution in [0.5, 0.6) is 0 Å². The SMILES string of the molecule is O=S(=O)(c1ccc(F)c(F)c1)N1CCN(Cc2ccco2)CC1. The smallest absolute Gasteiger partial charge is 0.243 e. The van der Waals surface area contributed by atoms with Gasteiger partial charge in [-0.25, -0.2) is 17.2 Å². The van der Waals surface area contributed by atoms with Crippen LogP contribution in [0.2, 0.25) is 0 Å². The summed E-state index contributed by atoms with van der Waals surface area (Å²) < 4.78 is 57.7. The van der Waals surface area contributed by atoms with E-state index in [0.29, 0.717) is 32.7 Å². The van der Waals surface area contributed by atoms with Gasteiger partial charge in [-0.3, -0.25) is 4.90 Å². The van der Waals surface area contributed by atoms with E-state index in [2.05, 4.69) is 4.90 Å². The van der Waals surface area contributed by atoms with E-state index in [0.717, 1.165) is 24.0 Å². The molecule has 1 fully saturated rings. The molecule has 2 heterocycles. The molecular weight excluding hydrogens is 326 g/mol. The molecule has 1 aliphatic heterocycles. The predicted octanol–water partition coefficient (Wildman–Crippen LogP) is 2.06. The number of hydrogen-bond donors (Lipinski definition) is 0. The van der Waals surface area contributed by atoms with Gasteiger partial charge in [0.2, 0.25) is 10.0 Å². The molecule has 0 spiro atoms. The standard InChI is InChI=1S/C15H16F2N2O3S/c16-14-4-3-13(10-15(14)17)23(20,21)19-7-5-18(6-8-19)11-12-2-1-9-22-12/h1-4,9-10H,5-8,11H2. The first-order valence-corrected chi connectivity index (χ1v) is 8.61. The maximum Gasteiger partial charge on any atom is 0.243 e. The van der Waals surface area contributed by atoms with Crippen molar-refractivity contribution in [3.05, 3.63) is 54.0 Å². The zero-order valence-electron chi connectivity index (χ0n) is 12.3. The van der Waals surface area contributed by atoms with Gasteiger partial charge >= 0.3 is 0 Å². The molecule has 0 unspecified atom stereocenters. The summed E-state index contributed by atoms with van der Waals surface area (Å²) in [7, 11) is -3.81. The van der Waals surface area contributed by atoms with Crippen molar-refractivity contribution in [1.82, 2.24) is 9.21 Å². The minimum Gasteiger partial charge on any atom is -0.468 e. The number of rotatable bonds is 4. The van der Waals surface area contributed by atoms with Crippen LogP contribution in [0.4, 0.5) is 8.78 Å². The maximum absolute atomic E-state index is 13.3. The number of halogens is 2. The lowest BCUT2D eigenvalue weighted by molar-refractivity contribution is 0.171. The lowest BCUT2D eigenvalue weighted by atomic mass is 10.3. The van der Waals surface area contributed by atoms with Crippen molar-refractivity contribution in [2.75, 3.05) is 26.2 Å². The first kappa shape index (κ1) is 16.1. The molecule has 0 N–H and O–H groups in total. The summed E-state index contributed by atoms with van der Waals surface area (Å²) in [6, 6.07) is 6.31. The number of nitrogens with zero attached hydrogens (tertiary/aromatic N) is 2. The molecule has 1 aromatic heterocycles. The molecule has 0 bridgehead atoms. The average molecular weight is 342 g/mol. The number of hydrogen-bond acceptors (Lipinski definition) is 4. The van der Waals surface area contributed by atoms with Gasteiger partial charge in [0.25, 0.3) is 0 Å². The predicted molar refractivity (Wildman–Crippen MR) is 79.1 cm³/mol. The van der Waals surface area contributed by atoms with E-state index in [1.54, 1.807) is 12.3 Å². The second-order valence-corrected chi connectivity index (χ2v) is 7.27. The highest BCUT2D eigenvalue weighted by Gasteiger charge is 2.29. The number of sulfonamides is 1. The third kappa shape index (κ3) is 3.44. The molecule has 1 aromatic carbocycles. The van der Waals surface area contributed by atoms with Gasteiger partial charge < -0.3 is 4.42 Å². The quantitative estimate of drug-likeness (QED) is 0.854. The Morgan fingerprint density at radius 2 is 1.78 bits per heavy atom. The highest BCUT2D eigenvalue weighted by atomic mass is 32.2. The van der Waals surface area contributed by atoms with E-state index in [-0.39, 0.29) is 4.90 Å². The normalized spacial score (nSPS) is 17.5. The van der Waals surface area contributed by atoms with E-state index < -0.39 is 21.7 Å². The van der Waals surface area contributed by atoms with Gasteiger partial charge in [0.15, 0.2) is 11.6 Å². The third-order valence-electron chi connectivity index (χ3n) is 3.82. The van der Waals surface area contributed by atoms with Crippen LogP contribution in [-0.2, 0) is 16.6 Å². The second kappa shape index (κ2) is 6.38. The van der Waals surface area contributed by atoms with E-state index >= 15 is 0 Å². The average Bonchev–Trinajstić information content (AvgIpc) is 3.03. The van der Waals surface area contributed by atoms with Crippen molar-refractivity contribution in [1.29, 1.82) is 0 Å². The zero-order valence-corrected chi connectivity index (χ0v) is 13.1. The summed E-state index contributed by atoms with van der Waals surface area (Å²) in [5, 5.41) is 0. The Labute approximate surface area is 133 Å². The van der Waals surface area contributed by atoms with Crippen molar-refractivity contribution in [2.45, 2.75) is 11.4 Å². The van der Waals surface area contributed by atoms with E-state index in [1.165, 1.54) is 4.31 Å². The van der Waals surface area contributed by atoms with E-state index in [4.69, 9.17) is 4.42 Å². The summed E-state index contributed by atoms with van der Waals surface area (Å²) in [6.45, 7) is 2.29. The van der Waals surface area contributed by atoms with E-state index in [1.807, 2.05) is 6.07 Å². The molecule has 1 aliphatic rings. The Bertz CT molecular complexity index is 770. The van der Waals surface area contributed by atoms with Crippen LogP contribution in [0.25, 0.3) is 0 Å². The molecular formula is C15H16F2N2O3S. The van der Waals surface area contributed by atoms with Crippen LogP contribution >= 0.6 is 0 Å². The molecule has 3 rings (SSSR count). The van der Waals surface area contributed by atoms with Crippen molar-refractivity contribution in [2.24, 2.45) is 0 Å². The Balaban J connectivity index is 1.67. The van der Waals surface area contributed by atoms with Crippen molar-refractivity contribution >= 4 is 10.0 Å². The molecule has 5 nitrogen and oxygen atoms in total. The molecule has 8 heteroatoms. The van der Waals surface area contributed by atoms with Crippen LogP contribution in [-0.4, -0.2) is 43.8 Å². The van der Waals surface area contributed by atoms with Crippen LogP contribution in [0.15, 0.2) is 45.9 Å². The van der Waals surface area contributed by atoms with Gasteiger partial charge in [-0.05, 0) is 30.3 Å². The van der Waals surface area contributed by atoms with Crippen molar-refractivity contribution in [3.63, 3.8) is 0 Å². The first-order chi connectivity index (χ1) is 11.0. The molecule has 23 heavy (non-hydrogen) atoms. The van der Waals surface area contributed by atoms with Crippen LogP contribution < -0.4 is 0 Å². The Kier molecular flexibility index (Phi) is 4.47. The minimum absolute atomic E-state index is 0.226. The maximum atomic E-state index is 13.3. The van der Waals surface area contributed by atoms with E-state index in [9.17, 15) is 17.2 Å². The highest BCUT2D eigenvalue weighted by Crippen LogP contribution is 2.20. The Morgan fingerprint density at radius 1 is 1.04 bits per heavy atom. The summed E-state index contributed by atoms with van der Waals surface area (Å²) >= 11 is 0. The topological polar surface area (TPSA) is 53.8 Å². The van der Waals surface area contributed by atoms with Crippen LogP contribution in [0, 0.1) is 11.6 Å². The van der Waals surface area contributed by atoms with Gasteiger partial charge in [0.05, 0.1) is 17.7 Å². The monoisotopic (exact) mass is 342 g/mol. The number of furan rings is 1. The second-order valence-electron chi connectivity index (χ2n) is 5.34. The zero-order chi connectivity index (χ0) is 16.4. The van der Waals surface area contributed by atoms with Gasteiger partial charge in [-0.1, -0.05) is 0 Å². The lowest BCUT2D eigenvalue weighted by Crippen LogP contribution is -2.48. The van der Waals surface area contributed by atoms with Crippen LogP contribution in [0.1, 0.15) is 5.76 Å². The molecule has 0 radical (unpaired) electrons. The fourth-order valence-electron chi connectivity index (χ4n) is 2.54. The summed E-state index contributed by atoms with van der Waals surface area (Å²) in [4.78, 5) is 1.85. The van der Waals surface area contributed by atoms with Gasteiger partial charge in [0.1, 0.15) is 5.76 Å². The molecule has 0 saturated carbocycles. The summed E-state index contributed by atoms with van der Waals surface area (Å²) in [5.74, 6) is -1.41. The molecule has 124 valence electrons. The third-order valence-corrected chi connectivity index (χ3v) is 5.71. The summed E-state index contributed by atoms with van der Waals surface area (Å²) in [6.07, 6.45) is 1.60. The van der Waals surface area contributed by atoms with Gasteiger partial charge in [0, 0.05) is 26.2 Å². The minimum atomic E-state index is -3.81. The Hall–Kier alpha value is -1.77. The van der Waals surface area contributed by atoms with Gasteiger partial charge in [-0.2, -0.15) is 4.31 Å². The van der Waals surface area contributed by atoms with Crippen molar-refractivity contribution in [3.8, 4) is 0 Å². The fraction of sp³-hybridized carbons (Fsp3) is 0.333. The van der Waals surface area contributed by atoms with Gasteiger partial charge in [-0.15, -0.1) is 0 Å². The molecule has 1 saturated heterocycles.